The Balaban J connectivity index is 1.75. The molecular weight excluding hydrogens is 301 g/mol. The predicted octanol–water partition coefficient (Wildman–Crippen LogP) is 3.81. The lowest BCUT2D eigenvalue weighted by atomic mass is 10.1. The molecule has 112 valence electrons. The van der Waals surface area contributed by atoms with E-state index in [1.54, 1.807) is 0 Å². The number of nitrogens with one attached hydrogen (secondary N) is 2. The monoisotopic (exact) mass is 315 g/mol. The number of rotatable bonds is 3. The first kappa shape index (κ1) is 14.5. The molecule has 6 heteroatoms. The highest BCUT2D eigenvalue weighted by Gasteiger charge is 2.09. The van der Waals surface area contributed by atoms with Gasteiger partial charge in [0.15, 0.2) is 0 Å². The van der Waals surface area contributed by atoms with Crippen LogP contribution in [0.5, 0.6) is 0 Å². The van der Waals surface area contributed by atoms with Crippen molar-refractivity contribution in [1.82, 2.24) is 10.4 Å². The molecule has 1 amide bonds. The van der Waals surface area contributed by atoms with Crippen LogP contribution in [0.4, 0.5) is 9.52 Å². The third-order valence-electron chi connectivity index (χ3n) is 3.21. The number of fused-ring (bicyclic) bond motifs is 1. The average Bonchev–Trinajstić information content (AvgIpc) is 2.89. The van der Waals surface area contributed by atoms with E-state index in [0.717, 1.165) is 21.3 Å². The maximum atomic E-state index is 12.8. The van der Waals surface area contributed by atoms with Crippen molar-refractivity contribution in [2.24, 2.45) is 0 Å². The first-order chi connectivity index (χ1) is 10.5. The Kier molecular flexibility index (Phi) is 3.77. The molecule has 0 aliphatic carbocycles. The molecule has 0 bridgehead atoms. The maximum absolute atomic E-state index is 12.8. The summed E-state index contributed by atoms with van der Waals surface area (Å²) in [5, 5.41) is 0.610. The minimum atomic E-state index is -0.374. The van der Waals surface area contributed by atoms with Gasteiger partial charge in [0.05, 0.1) is 10.2 Å². The third-order valence-corrected chi connectivity index (χ3v) is 4.33. The van der Waals surface area contributed by atoms with Crippen LogP contribution in [0.1, 0.15) is 21.5 Å². The third kappa shape index (κ3) is 2.92. The van der Waals surface area contributed by atoms with Gasteiger partial charge in [0.25, 0.3) is 5.91 Å². The van der Waals surface area contributed by atoms with Gasteiger partial charge in [-0.2, -0.15) is 0 Å². The molecule has 2 aromatic carbocycles. The SMILES string of the molecule is Cc1cc(C)c2sc(NNC(=O)c3ccc(F)cc3)nc2c1. The molecule has 0 saturated heterocycles. The number of carbonyl (C=O) groups excluding carboxylic acids is 1. The number of anilines is 1. The van der Waals surface area contributed by atoms with Gasteiger partial charge in [0.1, 0.15) is 5.82 Å². The van der Waals surface area contributed by atoms with Gasteiger partial charge < -0.3 is 0 Å². The summed E-state index contributed by atoms with van der Waals surface area (Å²) < 4.78 is 13.9. The number of benzene rings is 2. The Morgan fingerprint density at radius 1 is 1.18 bits per heavy atom. The van der Waals surface area contributed by atoms with E-state index in [2.05, 4.69) is 21.9 Å². The van der Waals surface area contributed by atoms with E-state index in [-0.39, 0.29) is 11.7 Å². The first-order valence-corrected chi connectivity index (χ1v) is 7.54. The van der Waals surface area contributed by atoms with E-state index in [9.17, 15) is 9.18 Å². The van der Waals surface area contributed by atoms with Crippen molar-refractivity contribution in [3.63, 3.8) is 0 Å². The van der Waals surface area contributed by atoms with Crippen molar-refractivity contribution >= 4 is 32.6 Å². The van der Waals surface area contributed by atoms with Crippen LogP contribution in [0, 0.1) is 19.7 Å². The number of thiazole rings is 1. The van der Waals surface area contributed by atoms with Crippen LogP contribution < -0.4 is 10.9 Å². The first-order valence-electron chi connectivity index (χ1n) is 6.72. The molecule has 0 aliphatic heterocycles. The van der Waals surface area contributed by atoms with E-state index in [1.807, 2.05) is 19.9 Å². The summed E-state index contributed by atoms with van der Waals surface area (Å²) in [6, 6.07) is 9.46. The van der Waals surface area contributed by atoms with Crippen molar-refractivity contribution in [3.8, 4) is 0 Å². The van der Waals surface area contributed by atoms with Crippen LogP contribution >= 0.6 is 11.3 Å². The molecule has 3 aromatic rings. The number of aromatic nitrogens is 1. The molecular formula is C16H14FN3OS. The van der Waals surface area contributed by atoms with Crippen LogP contribution in [0.15, 0.2) is 36.4 Å². The number of hydrogen-bond donors (Lipinski definition) is 2. The van der Waals surface area contributed by atoms with Crippen LogP contribution in [-0.2, 0) is 0 Å². The van der Waals surface area contributed by atoms with Crippen molar-refractivity contribution in [2.75, 3.05) is 5.43 Å². The second kappa shape index (κ2) is 5.73. The summed E-state index contributed by atoms with van der Waals surface area (Å²) in [5.74, 6) is -0.714. The molecule has 0 unspecified atom stereocenters. The van der Waals surface area contributed by atoms with Gasteiger partial charge in [-0.1, -0.05) is 17.4 Å². The van der Waals surface area contributed by atoms with Gasteiger partial charge in [-0.25, -0.2) is 9.37 Å². The van der Waals surface area contributed by atoms with Crippen molar-refractivity contribution in [3.05, 3.63) is 58.9 Å². The molecule has 0 saturated carbocycles. The van der Waals surface area contributed by atoms with Gasteiger partial charge in [-0.05, 0) is 55.3 Å². The Labute approximate surface area is 131 Å². The topological polar surface area (TPSA) is 54.0 Å². The van der Waals surface area contributed by atoms with Crippen molar-refractivity contribution in [2.45, 2.75) is 13.8 Å². The van der Waals surface area contributed by atoms with E-state index >= 15 is 0 Å². The number of amides is 1. The quantitative estimate of drug-likeness (QED) is 0.723. The lowest BCUT2D eigenvalue weighted by molar-refractivity contribution is 0.0962. The van der Waals surface area contributed by atoms with Crippen LogP contribution in [0.2, 0.25) is 0 Å². The van der Waals surface area contributed by atoms with Gasteiger partial charge in [0, 0.05) is 5.56 Å². The van der Waals surface area contributed by atoms with Gasteiger partial charge in [-0.15, -0.1) is 0 Å². The van der Waals surface area contributed by atoms with Crippen molar-refractivity contribution < 1.29 is 9.18 Å². The Morgan fingerprint density at radius 3 is 2.64 bits per heavy atom. The maximum Gasteiger partial charge on any atom is 0.269 e. The number of nitrogens with zero attached hydrogens (tertiary/aromatic N) is 1. The fourth-order valence-corrected chi connectivity index (χ4v) is 3.08. The highest BCUT2D eigenvalue weighted by molar-refractivity contribution is 7.22. The number of aryl methyl sites for hydroxylation is 2. The summed E-state index contributed by atoms with van der Waals surface area (Å²) in [7, 11) is 0. The minimum Gasteiger partial charge on any atom is -0.273 e. The predicted molar refractivity (Wildman–Crippen MR) is 86.6 cm³/mol. The van der Waals surface area contributed by atoms with Gasteiger partial charge in [-0.3, -0.25) is 15.6 Å². The molecule has 1 aromatic heterocycles. The van der Waals surface area contributed by atoms with E-state index in [4.69, 9.17) is 0 Å². The van der Waals surface area contributed by atoms with Crippen LogP contribution in [0.3, 0.4) is 0 Å². The highest BCUT2D eigenvalue weighted by atomic mass is 32.1. The molecule has 0 aliphatic rings. The number of halogens is 1. The van der Waals surface area contributed by atoms with Crippen LogP contribution in [-0.4, -0.2) is 10.9 Å². The van der Waals surface area contributed by atoms with Crippen molar-refractivity contribution in [1.29, 1.82) is 0 Å². The average molecular weight is 315 g/mol. The highest BCUT2D eigenvalue weighted by Crippen LogP contribution is 2.29. The molecule has 3 rings (SSSR count). The van der Waals surface area contributed by atoms with Gasteiger partial charge >= 0.3 is 0 Å². The molecule has 2 N–H and O–H groups in total. The lowest BCUT2D eigenvalue weighted by Gasteiger charge is -2.05. The smallest absolute Gasteiger partial charge is 0.269 e. The summed E-state index contributed by atoms with van der Waals surface area (Å²) >= 11 is 1.48. The van der Waals surface area contributed by atoms with Crippen LogP contribution in [0.25, 0.3) is 10.2 Å². The molecule has 0 atom stereocenters. The molecule has 1 heterocycles. The number of carbonyl (C=O) groups is 1. The fraction of sp³-hybridized carbons (Fsp3) is 0.125. The Morgan fingerprint density at radius 2 is 1.91 bits per heavy atom. The Bertz CT molecular complexity index is 842. The Hall–Kier alpha value is -2.47. The standard InChI is InChI=1S/C16H14FN3OS/c1-9-7-10(2)14-13(8-9)18-16(22-14)20-19-15(21)11-3-5-12(17)6-4-11/h3-8H,1-2H3,(H,18,20)(H,19,21). The van der Waals surface area contributed by atoms with E-state index in [1.165, 1.54) is 35.6 Å². The molecule has 22 heavy (non-hydrogen) atoms. The second-order valence-corrected chi connectivity index (χ2v) is 6.03. The summed E-state index contributed by atoms with van der Waals surface area (Å²) in [6.07, 6.45) is 0. The zero-order valence-electron chi connectivity index (χ0n) is 12.1. The normalized spacial score (nSPS) is 10.7. The van der Waals surface area contributed by atoms with E-state index in [0.29, 0.717) is 10.7 Å². The number of hydrazine groups is 1. The molecule has 0 radical (unpaired) electrons. The number of hydrogen-bond acceptors (Lipinski definition) is 4. The lowest BCUT2D eigenvalue weighted by Crippen LogP contribution is -2.29. The minimum absolute atomic E-state index is 0.341. The van der Waals surface area contributed by atoms with Gasteiger partial charge in [0.2, 0.25) is 5.13 Å². The summed E-state index contributed by atoms with van der Waals surface area (Å²) in [5.41, 5.74) is 8.96. The zero-order valence-corrected chi connectivity index (χ0v) is 12.9. The zero-order chi connectivity index (χ0) is 15.7. The molecule has 4 nitrogen and oxygen atoms in total. The summed E-state index contributed by atoms with van der Waals surface area (Å²) in [6.45, 7) is 4.06. The fourth-order valence-electron chi connectivity index (χ4n) is 2.21. The van der Waals surface area contributed by atoms with E-state index < -0.39 is 0 Å². The molecule has 0 fully saturated rings. The second-order valence-electron chi connectivity index (χ2n) is 5.04. The summed E-state index contributed by atoms with van der Waals surface area (Å²) in [4.78, 5) is 16.4. The molecule has 0 spiro atoms. The largest absolute Gasteiger partial charge is 0.273 e.